The van der Waals surface area contributed by atoms with E-state index in [1.165, 1.54) is 13.1 Å². The molecule has 2 aromatic carbocycles. The van der Waals surface area contributed by atoms with Crippen molar-refractivity contribution < 1.29 is 22.7 Å². The summed E-state index contributed by atoms with van der Waals surface area (Å²) < 4.78 is 33.4. The SMILES string of the molecule is CC[C@@H]1Oc2cc(S(=O)(=O)N(C)CC(=O)N3CCN(c4ccccc4)CC3)c(C)cc2NC1=O. The van der Waals surface area contributed by atoms with Crippen LogP contribution < -0.4 is 15.0 Å². The summed E-state index contributed by atoms with van der Waals surface area (Å²) in [5.74, 6) is -0.170. The average Bonchev–Trinajstić information content (AvgIpc) is 2.83. The molecule has 1 saturated heterocycles. The molecule has 0 bridgehead atoms. The number of anilines is 2. The van der Waals surface area contributed by atoms with Crippen molar-refractivity contribution in [2.45, 2.75) is 31.3 Å². The zero-order chi connectivity index (χ0) is 24.5. The van der Waals surface area contributed by atoms with Crippen LogP contribution >= 0.6 is 0 Å². The summed E-state index contributed by atoms with van der Waals surface area (Å²) >= 11 is 0. The Balaban J connectivity index is 1.43. The van der Waals surface area contributed by atoms with Crippen molar-refractivity contribution in [3.05, 3.63) is 48.0 Å². The molecule has 1 N–H and O–H groups in total. The van der Waals surface area contributed by atoms with Crippen LogP contribution in [0.2, 0.25) is 0 Å². The summed E-state index contributed by atoms with van der Waals surface area (Å²) in [6.45, 7) is 5.68. The molecule has 34 heavy (non-hydrogen) atoms. The van der Waals surface area contributed by atoms with E-state index >= 15 is 0 Å². The normalized spacial score (nSPS) is 18.4. The zero-order valence-corrected chi connectivity index (χ0v) is 20.5. The van der Waals surface area contributed by atoms with Crippen LogP contribution in [0, 0.1) is 6.92 Å². The van der Waals surface area contributed by atoms with E-state index in [9.17, 15) is 18.0 Å². The molecule has 0 aliphatic carbocycles. The molecule has 0 spiro atoms. The second kappa shape index (κ2) is 9.63. The molecular formula is C24H30N4O5S. The van der Waals surface area contributed by atoms with Crippen LogP contribution in [-0.2, 0) is 19.6 Å². The Kier molecular flexibility index (Phi) is 6.81. The van der Waals surface area contributed by atoms with E-state index in [2.05, 4.69) is 10.2 Å². The fourth-order valence-corrected chi connectivity index (χ4v) is 5.57. The smallest absolute Gasteiger partial charge is 0.265 e. The Labute approximate surface area is 200 Å². The van der Waals surface area contributed by atoms with Crippen LogP contribution in [-0.4, -0.2) is 75.3 Å². The lowest BCUT2D eigenvalue weighted by molar-refractivity contribution is -0.131. The molecule has 1 fully saturated rings. The highest BCUT2D eigenvalue weighted by molar-refractivity contribution is 7.89. The molecule has 2 aromatic rings. The van der Waals surface area contributed by atoms with Crippen LogP contribution in [0.3, 0.4) is 0 Å². The minimum Gasteiger partial charge on any atom is -0.478 e. The van der Waals surface area contributed by atoms with Gasteiger partial charge >= 0.3 is 0 Å². The largest absolute Gasteiger partial charge is 0.478 e. The van der Waals surface area contributed by atoms with Crippen LogP contribution in [0.4, 0.5) is 11.4 Å². The molecule has 10 heteroatoms. The fraction of sp³-hybridized carbons (Fsp3) is 0.417. The highest BCUT2D eigenvalue weighted by atomic mass is 32.2. The number of benzene rings is 2. The number of rotatable bonds is 6. The number of aryl methyl sites for hydroxylation is 1. The van der Waals surface area contributed by atoms with E-state index < -0.39 is 16.1 Å². The van der Waals surface area contributed by atoms with Crippen LogP contribution in [0.25, 0.3) is 0 Å². The third-order valence-corrected chi connectivity index (χ3v) is 8.21. The number of ether oxygens (including phenoxy) is 1. The maximum Gasteiger partial charge on any atom is 0.265 e. The van der Waals surface area contributed by atoms with Gasteiger partial charge in [-0.3, -0.25) is 9.59 Å². The van der Waals surface area contributed by atoms with Crippen molar-refractivity contribution >= 4 is 33.2 Å². The topological polar surface area (TPSA) is 99.3 Å². The predicted octanol–water partition coefficient (Wildman–Crippen LogP) is 2.07. The third kappa shape index (κ3) is 4.74. The number of likely N-dealkylation sites (N-methyl/N-ethyl adjacent to an activating group) is 1. The molecule has 2 heterocycles. The lowest BCUT2D eigenvalue weighted by Gasteiger charge is -2.36. The molecular weight excluding hydrogens is 456 g/mol. The molecule has 0 aromatic heterocycles. The number of fused-ring (bicyclic) bond motifs is 1. The Morgan fingerprint density at radius 2 is 1.82 bits per heavy atom. The molecule has 1 atom stereocenters. The van der Waals surface area contributed by atoms with Gasteiger partial charge in [0.15, 0.2) is 6.10 Å². The van der Waals surface area contributed by atoms with Crippen molar-refractivity contribution in [2.24, 2.45) is 0 Å². The molecule has 0 unspecified atom stereocenters. The Morgan fingerprint density at radius 3 is 2.47 bits per heavy atom. The number of amides is 2. The first-order chi connectivity index (χ1) is 16.2. The van der Waals surface area contributed by atoms with Crippen LogP contribution in [0.15, 0.2) is 47.4 Å². The molecule has 2 amide bonds. The molecule has 9 nitrogen and oxygen atoms in total. The summed E-state index contributed by atoms with van der Waals surface area (Å²) in [6, 6.07) is 13.0. The first-order valence-corrected chi connectivity index (χ1v) is 12.8. The summed E-state index contributed by atoms with van der Waals surface area (Å²) in [4.78, 5) is 28.9. The van der Waals surface area contributed by atoms with E-state index in [1.54, 1.807) is 17.9 Å². The minimum atomic E-state index is -3.95. The second-order valence-electron chi connectivity index (χ2n) is 8.58. The van der Waals surface area contributed by atoms with Gasteiger partial charge in [-0.1, -0.05) is 25.1 Å². The maximum atomic E-state index is 13.3. The Bertz CT molecular complexity index is 1180. The monoisotopic (exact) mass is 486 g/mol. The van der Waals surface area contributed by atoms with Gasteiger partial charge in [-0.05, 0) is 37.1 Å². The first-order valence-electron chi connectivity index (χ1n) is 11.4. The number of carbonyl (C=O) groups excluding carboxylic acids is 2. The van der Waals surface area contributed by atoms with Crippen molar-refractivity contribution in [1.29, 1.82) is 0 Å². The quantitative estimate of drug-likeness (QED) is 0.671. The zero-order valence-electron chi connectivity index (χ0n) is 19.7. The first kappa shape index (κ1) is 24.0. The maximum absolute atomic E-state index is 13.3. The molecule has 2 aliphatic rings. The van der Waals surface area contributed by atoms with Crippen molar-refractivity contribution in [3.8, 4) is 5.75 Å². The summed E-state index contributed by atoms with van der Waals surface area (Å²) in [5.41, 5.74) is 2.02. The molecule has 0 saturated carbocycles. The van der Waals surface area contributed by atoms with Crippen molar-refractivity contribution in [2.75, 3.05) is 50.0 Å². The van der Waals surface area contributed by atoms with Gasteiger partial charge in [-0.25, -0.2) is 8.42 Å². The van der Waals surface area contributed by atoms with Crippen molar-refractivity contribution in [3.63, 3.8) is 0 Å². The molecule has 182 valence electrons. The lowest BCUT2D eigenvalue weighted by Crippen LogP contribution is -2.51. The average molecular weight is 487 g/mol. The predicted molar refractivity (Wildman–Crippen MR) is 130 cm³/mol. The Hall–Kier alpha value is -3.11. The molecule has 2 aliphatic heterocycles. The van der Waals surface area contributed by atoms with Gasteiger partial charge in [0.2, 0.25) is 15.9 Å². The van der Waals surface area contributed by atoms with Gasteiger partial charge in [0.1, 0.15) is 5.75 Å². The van der Waals surface area contributed by atoms with Gasteiger partial charge in [0.25, 0.3) is 5.91 Å². The molecule has 4 rings (SSSR count). The minimum absolute atomic E-state index is 0.0569. The van der Waals surface area contributed by atoms with Gasteiger partial charge in [0.05, 0.1) is 17.1 Å². The Morgan fingerprint density at radius 1 is 1.15 bits per heavy atom. The number of sulfonamides is 1. The number of nitrogens with zero attached hydrogens (tertiary/aromatic N) is 3. The lowest BCUT2D eigenvalue weighted by atomic mass is 10.1. The van der Waals surface area contributed by atoms with Gasteiger partial charge in [0, 0.05) is 45.0 Å². The van der Waals surface area contributed by atoms with Crippen LogP contribution in [0.5, 0.6) is 5.75 Å². The van der Waals surface area contributed by atoms with Gasteiger partial charge in [-0.15, -0.1) is 0 Å². The van der Waals surface area contributed by atoms with Gasteiger partial charge in [-0.2, -0.15) is 4.31 Å². The van der Waals surface area contributed by atoms with Crippen molar-refractivity contribution in [1.82, 2.24) is 9.21 Å². The summed E-state index contributed by atoms with van der Waals surface area (Å²) in [6.07, 6.45) is -0.202. The summed E-state index contributed by atoms with van der Waals surface area (Å²) in [5, 5.41) is 2.76. The van der Waals surface area contributed by atoms with E-state index in [-0.39, 0.29) is 23.3 Å². The van der Waals surface area contributed by atoms with Crippen LogP contribution in [0.1, 0.15) is 18.9 Å². The van der Waals surface area contributed by atoms with E-state index in [4.69, 9.17) is 4.74 Å². The number of para-hydroxylation sites is 1. The number of carbonyl (C=O) groups is 2. The van der Waals surface area contributed by atoms with E-state index in [1.807, 2.05) is 37.3 Å². The number of piperazine rings is 1. The number of nitrogens with one attached hydrogen (secondary N) is 1. The second-order valence-corrected chi connectivity index (χ2v) is 10.6. The highest BCUT2D eigenvalue weighted by Crippen LogP contribution is 2.35. The van der Waals surface area contributed by atoms with E-state index in [0.717, 1.165) is 9.99 Å². The van der Waals surface area contributed by atoms with E-state index in [0.29, 0.717) is 49.6 Å². The third-order valence-electron chi connectivity index (χ3n) is 6.27. The number of hydrogen-bond acceptors (Lipinski definition) is 6. The molecule has 0 radical (unpaired) electrons. The standard InChI is InChI=1S/C24H30N4O5S/c1-4-20-24(30)25-19-14-17(2)22(15-21(19)33-20)34(31,32)26(3)16-23(29)28-12-10-27(11-13-28)18-8-6-5-7-9-18/h5-9,14-15,20H,4,10-13,16H2,1-3H3,(H,25,30)/t20-/m0/s1. The fourth-order valence-electron chi connectivity index (χ4n) is 4.23. The van der Waals surface area contributed by atoms with Gasteiger partial charge < -0.3 is 19.9 Å². The number of hydrogen-bond donors (Lipinski definition) is 1. The summed E-state index contributed by atoms with van der Waals surface area (Å²) in [7, 11) is -2.54. The highest BCUT2D eigenvalue weighted by Gasteiger charge is 2.32.